The molecule has 0 bridgehead atoms. The number of aromatic nitrogens is 1. The predicted octanol–water partition coefficient (Wildman–Crippen LogP) is 1.88. The van der Waals surface area contributed by atoms with Crippen molar-refractivity contribution in [3.8, 4) is 0 Å². The number of ether oxygens (including phenoxy) is 1. The second kappa shape index (κ2) is 6.85. The van der Waals surface area contributed by atoms with Gasteiger partial charge >= 0.3 is 11.7 Å². The van der Waals surface area contributed by atoms with Gasteiger partial charge in [0.25, 0.3) is 5.91 Å². The van der Waals surface area contributed by atoms with E-state index in [2.05, 4.69) is 21.2 Å². The summed E-state index contributed by atoms with van der Waals surface area (Å²) in [5.41, 5.74) is 0.392. The van der Waals surface area contributed by atoms with Crippen molar-refractivity contribution >= 4 is 33.5 Å². The van der Waals surface area contributed by atoms with Crippen molar-refractivity contribution in [2.24, 2.45) is 0 Å². The molecule has 0 atom stereocenters. The maximum absolute atomic E-state index is 11.7. The van der Waals surface area contributed by atoms with Gasteiger partial charge in [0.15, 0.2) is 12.8 Å². The van der Waals surface area contributed by atoms with Crippen LogP contribution in [0.15, 0.2) is 53.1 Å². The van der Waals surface area contributed by atoms with Gasteiger partial charge in [-0.25, -0.2) is 4.79 Å². The molecule has 2 aromatic rings. The van der Waals surface area contributed by atoms with Gasteiger partial charge in [-0.05, 0) is 34.1 Å². The van der Waals surface area contributed by atoms with Crippen LogP contribution in [0, 0.1) is 5.21 Å². The van der Waals surface area contributed by atoms with Gasteiger partial charge in [0, 0.05) is 16.6 Å². The van der Waals surface area contributed by atoms with E-state index in [1.165, 1.54) is 24.4 Å². The standard InChI is InChI=1S/C14H11BrN2O4/c15-10-5-1-2-6-11(10)16-13(18)9-21-14(19)12-7-3-4-8-17(12)20/h1-8H,9H2,(H,16,18). The fraction of sp³-hybridized carbons (Fsp3) is 0.0714. The summed E-state index contributed by atoms with van der Waals surface area (Å²) >= 11 is 3.28. The minimum atomic E-state index is -0.854. The largest absolute Gasteiger partial charge is 0.618 e. The molecule has 0 radical (unpaired) electrons. The van der Waals surface area contributed by atoms with Crippen LogP contribution in [0.5, 0.6) is 0 Å². The van der Waals surface area contributed by atoms with Crippen LogP contribution in [0.4, 0.5) is 5.69 Å². The number of pyridine rings is 1. The molecule has 1 N–H and O–H groups in total. The lowest BCUT2D eigenvalue weighted by atomic mass is 10.3. The first-order valence-electron chi connectivity index (χ1n) is 5.97. The van der Waals surface area contributed by atoms with Crippen LogP contribution < -0.4 is 10.0 Å². The number of anilines is 1. The molecule has 0 aliphatic heterocycles. The van der Waals surface area contributed by atoms with Crippen LogP contribution in [0.1, 0.15) is 10.5 Å². The number of carbonyl (C=O) groups excluding carboxylic acids is 2. The summed E-state index contributed by atoms with van der Waals surface area (Å²) in [4.78, 5) is 23.3. The summed E-state index contributed by atoms with van der Waals surface area (Å²) in [7, 11) is 0. The number of halogens is 1. The first-order chi connectivity index (χ1) is 10.1. The number of benzene rings is 1. The topological polar surface area (TPSA) is 82.3 Å². The van der Waals surface area contributed by atoms with Gasteiger partial charge in [0.2, 0.25) is 0 Å². The van der Waals surface area contributed by atoms with E-state index < -0.39 is 18.5 Å². The minimum absolute atomic E-state index is 0.175. The summed E-state index contributed by atoms with van der Waals surface area (Å²) < 4.78 is 5.89. The molecular formula is C14H11BrN2O4. The van der Waals surface area contributed by atoms with Gasteiger partial charge in [-0.3, -0.25) is 4.79 Å². The molecule has 2 rings (SSSR count). The summed E-state index contributed by atoms with van der Waals surface area (Å²) in [6, 6.07) is 11.4. The Bertz CT molecular complexity index is 676. The van der Waals surface area contributed by atoms with Crippen molar-refractivity contribution in [2.45, 2.75) is 0 Å². The third-order valence-electron chi connectivity index (χ3n) is 2.52. The molecule has 0 fully saturated rings. The van der Waals surface area contributed by atoms with Crippen LogP contribution in [-0.2, 0) is 9.53 Å². The van der Waals surface area contributed by atoms with Crippen molar-refractivity contribution < 1.29 is 19.1 Å². The van der Waals surface area contributed by atoms with E-state index in [1.807, 2.05) is 6.07 Å². The number of hydrogen-bond acceptors (Lipinski definition) is 4. The SMILES string of the molecule is O=C(COC(=O)c1cccc[n+]1[O-])Nc1ccccc1Br. The molecule has 7 heteroatoms. The maximum Gasteiger partial charge on any atom is 0.405 e. The fourth-order valence-electron chi connectivity index (χ4n) is 1.54. The zero-order valence-electron chi connectivity index (χ0n) is 10.8. The van der Waals surface area contributed by atoms with E-state index in [-0.39, 0.29) is 5.69 Å². The maximum atomic E-state index is 11.7. The van der Waals surface area contributed by atoms with Crippen LogP contribution in [0.25, 0.3) is 0 Å². The molecule has 108 valence electrons. The van der Waals surface area contributed by atoms with E-state index in [9.17, 15) is 14.8 Å². The van der Waals surface area contributed by atoms with E-state index in [1.54, 1.807) is 18.2 Å². The zero-order chi connectivity index (χ0) is 15.2. The smallest absolute Gasteiger partial charge is 0.405 e. The Kier molecular flexibility index (Phi) is 4.89. The van der Waals surface area contributed by atoms with E-state index in [0.717, 1.165) is 0 Å². The summed E-state index contributed by atoms with van der Waals surface area (Å²) in [5.74, 6) is -1.35. The molecule has 0 spiro atoms. The van der Waals surface area contributed by atoms with Gasteiger partial charge in [0.05, 0.1) is 5.69 Å². The molecule has 0 saturated carbocycles. The summed E-state index contributed by atoms with van der Waals surface area (Å²) in [6.07, 6.45) is 1.18. The van der Waals surface area contributed by atoms with Gasteiger partial charge in [0.1, 0.15) is 0 Å². The lowest BCUT2D eigenvalue weighted by Gasteiger charge is -2.08. The van der Waals surface area contributed by atoms with Gasteiger partial charge in [-0.1, -0.05) is 12.1 Å². The van der Waals surface area contributed by atoms with Crippen LogP contribution in [0.2, 0.25) is 0 Å². The third-order valence-corrected chi connectivity index (χ3v) is 3.21. The van der Waals surface area contributed by atoms with E-state index >= 15 is 0 Å². The second-order valence-corrected chi connectivity index (χ2v) is 4.87. The highest BCUT2D eigenvalue weighted by molar-refractivity contribution is 9.10. The highest BCUT2D eigenvalue weighted by Gasteiger charge is 2.18. The molecule has 1 heterocycles. The number of rotatable bonds is 4. The fourth-order valence-corrected chi connectivity index (χ4v) is 1.92. The Morgan fingerprint density at radius 2 is 1.90 bits per heavy atom. The first kappa shape index (κ1) is 15.0. The molecular weight excluding hydrogens is 340 g/mol. The number of amides is 1. The number of carbonyl (C=O) groups is 2. The molecule has 1 amide bonds. The van der Waals surface area contributed by atoms with Gasteiger partial charge < -0.3 is 15.3 Å². The van der Waals surface area contributed by atoms with Gasteiger partial charge in [-0.2, -0.15) is 4.73 Å². The number of nitrogens with one attached hydrogen (secondary N) is 1. The van der Waals surface area contributed by atoms with Crippen LogP contribution in [0.3, 0.4) is 0 Å². The lowest BCUT2D eigenvalue weighted by molar-refractivity contribution is -0.608. The number of hydrogen-bond donors (Lipinski definition) is 1. The monoisotopic (exact) mass is 350 g/mol. The Morgan fingerprint density at radius 1 is 1.19 bits per heavy atom. The average Bonchev–Trinajstić information content (AvgIpc) is 2.48. The molecule has 0 aliphatic rings. The van der Waals surface area contributed by atoms with E-state index in [0.29, 0.717) is 14.9 Å². The Labute approximate surface area is 129 Å². The van der Waals surface area contributed by atoms with Crippen LogP contribution in [-0.4, -0.2) is 18.5 Å². The average molecular weight is 351 g/mol. The molecule has 6 nitrogen and oxygen atoms in total. The molecule has 1 aromatic carbocycles. The van der Waals surface area contributed by atoms with Crippen molar-refractivity contribution in [1.29, 1.82) is 0 Å². The summed E-state index contributed by atoms with van der Waals surface area (Å²) in [6.45, 7) is -0.477. The Balaban J connectivity index is 1.91. The third kappa shape index (κ3) is 4.03. The van der Waals surface area contributed by atoms with Crippen molar-refractivity contribution in [2.75, 3.05) is 11.9 Å². The number of para-hydroxylation sites is 1. The highest BCUT2D eigenvalue weighted by Crippen LogP contribution is 2.20. The molecule has 0 saturated heterocycles. The minimum Gasteiger partial charge on any atom is -0.618 e. The Morgan fingerprint density at radius 3 is 2.62 bits per heavy atom. The molecule has 21 heavy (non-hydrogen) atoms. The summed E-state index contributed by atoms with van der Waals surface area (Å²) in [5, 5.41) is 13.9. The molecule has 0 unspecified atom stereocenters. The Hall–Kier alpha value is -2.41. The highest BCUT2D eigenvalue weighted by atomic mass is 79.9. The van der Waals surface area contributed by atoms with Crippen molar-refractivity contribution in [3.05, 3.63) is 64.0 Å². The quantitative estimate of drug-likeness (QED) is 0.518. The van der Waals surface area contributed by atoms with Gasteiger partial charge in [-0.15, -0.1) is 0 Å². The van der Waals surface area contributed by atoms with Crippen molar-refractivity contribution in [3.63, 3.8) is 0 Å². The zero-order valence-corrected chi connectivity index (χ0v) is 12.4. The molecule has 0 aliphatic carbocycles. The lowest BCUT2D eigenvalue weighted by Crippen LogP contribution is -2.35. The number of esters is 1. The predicted molar refractivity (Wildman–Crippen MR) is 78.5 cm³/mol. The number of nitrogens with zero attached hydrogens (tertiary/aromatic N) is 1. The van der Waals surface area contributed by atoms with Crippen molar-refractivity contribution in [1.82, 2.24) is 0 Å². The normalized spacial score (nSPS) is 9.95. The second-order valence-electron chi connectivity index (χ2n) is 4.02. The molecule has 1 aromatic heterocycles. The van der Waals surface area contributed by atoms with Crippen LogP contribution >= 0.6 is 15.9 Å². The first-order valence-corrected chi connectivity index (χ1v) is 6.77. The van der Waals surface area contributed by atoms with E-state index in [4.69, 9.17) is 4.74 Å².